The molecule has 0 radical (unpaired) electrons. The highest BCUT2D eigenvalue weighted by Gasteiger charge is 2.13. The van der Waals surface area contributed by atoms with Crippen LogP contribution in [-0.2, 0) is 0 Å². The van der Waals surface area contributed by atoms with Crippen molar-refractivity contribution in [2.75, 3.05) is 6.61 Å². The molecule has 0 aliphatic carbocycles. The van der Waals surface area contributed by atoms with Gasteiger partial charge in [-0.1, -0.05) is 15.9 Å². The van der Waals surface area contributed by atoms with Crippen LogP contribution >= 0.6 is 44.3 Å². The maximum Gasteiger partial charge on any atom is 0.131 e. The van der Waals surface area contributed by atoms with Crippen LogP contribution in [0.25, 0.3) is 10.9 Å². The maximum absolute atomic E-state index is 5.66. The van der Waals surface area contributed by atoms with Gasteiger partial charge in [0.2, 0.25) is 0 Å². The van der Waals surface area contributed by atoms with Gasteiger partial charge in [0.25, 0.3) is 0 Å². The average molecular weight is 413 g/mol. The molecule has 1 aromatic heterocycles. The zero-order valence-corrected chi connectivity index (χ0v) is 13.7. The zero-order chi connectivity index (χ0) is 11.7. The van der Waals surface area contributed by atoms with Gasteiger partial charge in [0.15, 0.2) is 0 Å². The summed E-state index contributed by atoms with van der Waals surface area (Å²) in [5, 5.41) is 5.63. The molecule has 0 N–H and O–H groups in total. The van der Waals surface area contributed by atoms with Crippen LogP contribution in [0.3, 0.4) is 0 Å². The van der Waals surface area contributed by atoms with Gasteiger partial charge in [-0.25, -0.2) is 4.45 Å². The van der Waals surface area contributed by atoms with E-state index in [1.54, 1.807) is 0 Å². The third kappa shape index (κ3) is 2.22. The molecule has 1 atom stereocenters. The van der Waals surface area contributed by atoms with E-state index in [9.17, 15) is 0 Å². The van der Waals surface area contributed by atoms with Gasteiger partial charge in [-0.05, 0) is 48.0 Å². The number of fused-ring (bicyclic) bond motifs is 1. The highest BCUT2D eigenvalue weighted by molar-refractivity contribution is 14.2. The number of aryl methyl sites for hydroxylation is 1. The van der Waals surface area contributed by atoms with Crippen molar-refractivity contribution in [2.45, 2.75) is 13.8 Å². The molecule has 6 heteroatoms. The maximum atomic E-state index is 5.66. The van der Waals surface area contributed by atoms with E-state index in [0.29, 0.717) is 13.0 Å². The van der Waals surface area contributed by atoms with Crippen LogP contribution in [0.15, 0.2) is 16.6 Å². The number of rotatable bonds is 3. The summed E-state index contributed by atoms with van der Waals surface area (Å²) in [4.78, 5) is 0. The number of nitrogens with zero attached hydrogens (tertiary/aromatic N) is 2. The fourth-order valence-electron chi connectivity index (χ4n) is 1.69. The van der Waals surface area contributed by atoms with Gasteiger partial charge in [0, 0.05) is 4.47 Å². The average Bonchev–Trinajstić information content (AvgIpc) is 2.55. The highest BCUT2D eigenvalue weighted by atomic mass is 127. The number of ether oxygens (including phenoxy) is 1. The summed E-state index contributed by atoms with van der Waals surface area (Å²) < 4.78 is 8.70. The molecule has 0 fully saturated rings. The van der Waals surface area contributed by atoms with Crippen molar-refractivity contribution < 1.29 is 4.74 Å². The molecule has 0 saturated carbocycles. The molecule has 2 rings (SSSR count). The van der Waals surface area contributed by atoms with Gasteiger partial charge >= 0.3 is 0 Å². The lowest BCUT2D eigenvalue weighted by molar-refractivity contribution is 0.344. The summed E-state index contributed by atoms with van der Waals surface area (Å²) >= 11 is 5.84. The van der Waals surface area contributed by atoms with Crippen molar-refractivity contribution in [3.8, 4) is 5.75 Å². The van der Waals surface area contributed by atoms with Gasteiger partial charge in [0.05, 0.1) is 29.6 Å². The first-order chi connectivity index (χ1) is 7.67. The van der Waals surface area contributed by atoms with E-state index in [0.717, 1.165) is 26.8 Å². The second-order valence-electron chi connectivity index (χ2n) is 3.31. The third-order valence-corrected chi connectivity index (χ3v) is 4.60. The minimum atomic E-state index is 0.599. The number of hydrogen-bond donors (Lipinski definition) is 0. The van der Waals surface area contributed by atoms with Crippen LogP contribution in [-0.4, -0.2) is 16.2 Å². The minimum absolute atomic E-state index is 0.599. The van der Waals surface area contributed by atoms with Gasteiger partial charge in [-0.3, -0.25) is 0 Å². The lowest BCUT2D eigenvalue weighted by Crippen LogP contribution is -1.92. The van der Waals surface area contributed by atoms with Crippen LogP contribution < -0.4 is 4.74 Å². The topological polar surface area (TPSA) is 27.1 Å². The highest BCUT2D eigenvalue weighted by Crippen LogP contribution is 2.37. The van der Waals surface area contributed by atoms with Crippen LogP contribution in [0.2, 0.25) is 0 Å². The first kappa shape index (κ1) is 12.6. The smallest absolute Gasteiger partial charge is 0.131 e. The molecule has 1 unspecified atom stereocenters. The Labute approximate surface area is 117 Å². The van der Waals surface area contributed by atoms with E-state index < -0.39 is 0 Å². The molecule has 86 valence electrons. The molecule has 2 aromatic rings. The minimum Gasteiger partial charge on any atom is -0.493 e. The molecule has 0 amide bonds. The molecule has 0 bridgehead atoms. The van der Waals surface area contributed by atoms with E-state index in [2.05, 4.69) is 49.1 Å². The van der Waals surface area contributed by atoms with Gasteiger partial charge < -0.3 is 4.74 Å². The molecule has 1 heterocycles. The van der Waals surface area contributed by atoms with Crippen molar-refractivity contribution in [1.29, 1.82) is 0 Å². The lowest BCUT2D eigenvalue weighted by Gasteiger charge is -2.06. The Morgan fingerprint density at radius 2 is 2.31 bits per heavy atom. The summed E-state index contributed by atoms with van der Waals surface area (Å²) in [5.41, 5.74) is 2.15. The molecule has 0 spiro atoms. The molecule has 16 heavy (non-hydrogen) atoms. The number of aromatic nitrogens is 2. The molecule has 3 nitrogen and oxygen atoms in total. The Kier molecular flexibility index (Phi) is 4.08. The number of hydrogen-bond acceptors (Lipinski definition) is 2. The molecule has 1 aromatic carbocycles. The van der Waals surface area contributed by atoms with E-state index in [4.69, 9.17) is 4.74 Å². The zero-order valence-electron chi connectivity index (χ0n) is 8.92. The van der Waals surface area contributed by atoms with E-state index in [-0.39, 0.29) is 0 Å². The van der Waals surface area contributed by atoms with Crippen LogP contribution in [0, 0.1) is 6.92 Å². The Morgan fingerprint density at radius 3 is 2.94 bits per heavy atom. The van der Waals surface area contributed by atoms with Crippen molar-refractivity contribution in [2.24, 2.45) is 0 Å². The fourth-order valence-corrected chi connectivity index (χ4v) is 3.67. The van der Waals surface area contributed by atoms with E-state index in [1.807, 2.05) is 24.4 Å². The van der Waals surface area contributed by atoms with Crippen LogP contribution in [0.4, 0.5) is 0 Å². The second-order valence-corrected chi connectivity index (χ2v) is 6.27. The van der Waals surface area contributed by atoms with Crippen molar-refractivity contribution >= 4 is 55.2 Å². The van der Waals surface area contributed by atoms with Crippen LogP contribution in [0.1, 0.15) is 12.6 Å². The number of benzene rings is 1. The van der Waals surface area contributed by atoms with Gasteiger partial charge in [-0.2, -0.15) is 5.10 Å². The van der Waals surface area contributed by atoms with Gasteiger partial charge in [-0.15, -0.1) is 0 Å². The molecule has 0 aliphatic rings. The normalized spacial score (nSPS) is 11.8. The molecule has 0 aliphatic heterocycles. The first-order valence-corrected chi connectivity index (χ1v) is 9.71. The Hall–Kier alpha value is 0.130. The molecular weight excluding hydrogens is 402 g/mol. The van der Waals surface area contributed by atoms with Gasteiger partial charge in [0.1, 0.15) is 5.75 Å². The van der Waals surface area contributed by atoms with Crippen molar-refractivity contribution in [3.05, 3.63) is 22.3 Å². The summed E-state index contributed by atoms with van der Waals surface area (Å²) in [5.74, 6) is 0.908. The SMILES string of the molecule is CCOc1cc(Br)cc2c1c(C)nn2PI. The Morgan fingerprint density at radius 1 is 1.56 bits per heavy atom. The summed E-state index contributed by atoms with van der Waals surface area (Å²) in [6, 6.07) is 4.09. The largest absolute Gasteiger partial charge is 0.493 e. The first-order valence-electron chi connectivity index (χ1n) is 4.85. The fraction of sp³-hybridized carbons (Fsp3) is 0.300. The van der Waals surface area contributed by atoms with Crippen molar-refractivity contribution in [1.82, 2.24) is 9.55 Å². The standard InChI is InChI=1S/C10H11BrIN2OP/c1-3-15-9-5-7(11)4-8-10(9)6(2)13-14(8)16-12/h4-5,16H,3H2,1-2H3. The monoisotopic (exact) mass is 412 g/mol. The molecular formula is C10H11BrIN2OP. The third-order valence-electron chi connectivity index (χ3n) is 2.27. The second kappa shape index (κ2) is 5.19. The predicted octanol–water partition coefficient (Wildman–Crippen LogP) is 4.30. The summed E-state index contributed by atoms with van der Waals surface area (Å²) in [6.45, 7) is 4.68. The quantitative estimate of drug-likeness (QED) is 0.555. The summed E-state index contributed by atoms with van der Waals surface area (Å²) in [6.07, 6.45) is 0.599. The summed E-state index contributed by atoms with van der Waals surface area (Å²) in [7, 11) is 0. The van der Waals surface area contributed by atoms with Crippen LogP contribution in [0.5, 0.6) is 5.75 Å². The lowest BCUT2D eigenvalue weighted by atomic mass is 10.2. The van der Waals surface area contributed by atoms with E-state index >= 15 is 0 Å². The Balaban J connectivity index is 2.75. The molecule has 0 saturated heterocycles. The predicted molar refractivity (Wildman–Crippen MR) is 81.1 cm³/mol. The van der Waals surface area contributed by atoms with Crippen molar-refractivity contribution in [3.63, 3.8) is 0 Å². The Bertz CT molecular complexity index is 529. The van der Waals surface area contributed by atoms with E-state index in [1.165, 1.54) is 0 Å². The number of halogens is 2.